The van der Waals surface area contributed by atoms with E-state index in [1.54, 1.807) is 0 Å². The number of nitrogens with zero attached hydrogens (tertiary/aromatic N) is 1. The Hall–Kier alpha value is -3.27. The quantitative estimate of drug-likeness (QED) is 0.669. The minimum absolute atomic E-state index is 0.00932. The lowest BCUT2D eigenvalue weighted by atomic mass is 9.83. The molecular weight excluding hydrogens is 360 g/mol. The molecule has 0 radical (unpaired) electrons. The molecule has 4 heteroatoms. The van der Waals surface area contributed by atoms with E-state index in [0.717, 1.165) is 17.5 Å². The molecule has 0 fully saturated rings. The molecule has 146 valence electrons. The molecule has 1 aliphatic heterocycles. The van der Waals surface area contributed by atoms with Crippen LogP contribution in [0.4, 0.5) is 0 Å². The van der Waals surface area contributed by atoms with E-state index in [-0.39, 0.29) is 12.0 Å². The highest BCUT2D eigenvalue weighted by atomic mass is 16.2. The van der Waals surface area contributed by atoms with Gasteiger partial charge in [-0.2, -0.15) is 0 Å². The van der Waals surface area contributed by atoms with Crippen LogP contribution in [-0.2, 0) is 22.6 Å². The van der Waals surface area contributed by atoms with E-state index in [1.807, 2.05) is 48.5 Å². The Kier molecular flexibility index (Phi) is 5.01. The van der Waals surface area contributed by atoms with Gasteiger partial charge < -0.3 is 5.32 Å². The first-order valence-electron chi connectivity index (χ1n) is 9.88. The van der Waals surface area contributed by atoms with E-state index < -0.39 is 11.7 Å². The van der Waals surface area contributed by atoms with Crippen LogP contribution < -0.4 is 5.32 Å². The monoisotopic (exact) mass is 384 g/mol. The highest BCUT2D eigenvalue weighted by molar-refractivity contribution is 6.40. The Morgan fingerprint density at radius 3 is 2.48 bits per heavy atom. The summed E-state index contributed by atoms with van der Waals surface area (Å²) in [7, 11) is 0. The predicted octanol–water partition coefficient (Wildman–Crippen LogP) is 4.24. The van der Waals surface area contributed by atoms with Crippen LogP contribution in [0.1, 0.15) is 37.0 Å². The molecule has 1 heterocycles. The number of nitrogens with one attached hydrogen (secondary N) is 1. The van der Waals surface area contributed by atoms with Crippen LogP contribution in [0.5, 0.6) is 0 Å². The Bertz CT molecular complexity index is 1110. The zero-order chi connectivity index (χ0) is 20.4. The molecule has 0 saturated heterocycles. The molecule has 3 aromatic rings. The number of hydrogen-bond acceptors (Lipinski definition) is 3. The minimum atomic E-state index is -0.567. The smallest absolute Gasteiger partial charge is 0.288 e. The van der Waals surface area contributed by atoms with Gasteiger partial charge in [-0.15, -0.1) is 0 Å². The summed E-state index contributed by atoms with van der Waals surface area (Å²) in [5.41, 5.74) is 3.53. The van der Waals surface area contributed by atoms with Crippen molar-refractivity contribution >= 4 is 28.2 Å². The molecule has 0 atom stereocenters. The van der Waals surface area contributed by atoms with Gasteiger partial charge >= 0.3 is 0 Å². The largest absolute Gasteiger partial charge is 0.345 e. The molecule has 0 aromatic heterocycles. The molecule has 1 aliphatic rings. The number of amides is 1. The molecule has 3 aromatic carbocycles. The fourth-order valence-corrected chi connectivity index (χ4v) is 3.94. The van der Waals surface area contributed by atoms with Gasteiger partial charge in [0.05, 0.1) is 17.7 Å². The van der Waals surface area contributed by atoms with E-state index in [1.165, 1.54) is 16.3 Å². The Balaban J connectivity index is 1.56. The van der Waals surface area contributed by atoms with Crippen molar-refractivity contribution in [1.29, 1.82) is 0 Å². The number of carbonyl (C=O) groups excluding carboxylic acids is 2. The van der Waals surface area contributed by atoms with Crippen molar-refractivity contribution in [2.24, 2.45) is 4.99 Å². The van der Waals surface area contributed by atoms with Crippen LogP contribution in [0, 0.1) is 0 Å². The van der Waals surface area contributed by atoms with Crippen molar-refractivity contribution < 1.29 is 9.59 Å². The molecular formula is C25H24N2O2. The number of ketones is 1. The van der Waals surface area contributed by atoms with Crippen LogP contribution in [0.2, 0.25) is 0 Å². The summed E-state index contributed by atoms with van der Waals surface area (Å²) in [5.74, 6) is -1.03. The average molecular weight is 384 g/mol. The van der Waals surface area contributed by atoms with Gasteiger partial charge in [-0.1, -0.05) is 66.7 Å². The first-order chi connectivity index (χ1) is 13.9. The topological polar surface area (TPSA) is 58.5 Å². The molecule has 0 bridgehead atoms. The van der Waals surface area contributed by atoms with E-state index >= 15 is 0 Å². The molecule has 1 N–H and O–H groups in total. The molecule has 0 saturated carbocycles. The van der Waals surface area contributed by atoms with Gasteiger partial charge in [0, 0.05) is 6.54 Å². The lowest BCUT2D eigenvalue weighted by Crippen LogP contribution is -2.35. The fourth-order valence-electron chi connectivity index (χ4n) is 3.94. The number of fused-ring (bicyclic) bond motifs is 3. The Morgan fingerprint density at radius 1 is 0.966 bits per heavy atom. The summed E-state index contributed by atoms with van der Waals surface area (Å²) in [4.78, 5) is 29.8. The summed E-state index contributed by atoms with van der Waals surface area (Å²) in [5, 5.41) is 5.08. The third-order valence-corrected chi connectivity index (χ3v) is 5.28. The standard InChI is InChI=1S/C25H24N2O2/c1-25(2)15-21-19-11-7-6-10-18(19)12-13-20(21)22(27-25)14-23(28)24(29)26-16-17-8-4-3-5-9-17/h3-13H,14-16H2,1-2H3,(H,26,29). The average Bonchev–Trinajstić information content (AvgIpc) is 2.72. The van der Waals surface area contributed by atoms with Crippen molar-refractivity contribution in [3.63, 3.8) is 0 Å². The van der Waals surface area contributed by atoms with E-state index in [0.29, 0.717) is 12.3 Å². The zero-order valence-corrected chi connectivity index (χ0v) is 16.7. The zero-order valence-electron chi connectivity index (χ0n) is 16.7. The van der Waals surface area contributed by atoms with Crippen molar-refractivity contribution in [2.75, 3.05) is 0 Å². The van der Waals surface area contributed by atoms with Gasteiger partial charge in [0.25, 0.3) is 5.91 Å². The summed E-state index contributed by atoms with van der Waals surface area (Å²) >= 11 is 0. The van der Waals surface area contributed by atoms with Crippen molar-refractivity contribution in [1.82, 2.24) is 5.32 Å². The molecule has 0 spiro atoms. The third kappa shape index (κ3) is 4.11. The molecule has 4 rings (SSSR count). The molecule has 0 aliphatic carbocycles. The van der Waals surface area contributed by atoms with Crippen LogP contribution >= 0.6 is 0 Å². The van der Waals surface area contributed by atoms with Crippen LogP contribution in [0.15, 0.2) is 71.7 Å². The van der Waals surface area contributed by atoms with E-state index in [9.17, 15) is 9.59 Å². The third-order valence-electron chi connectivity index (χ3n) is 5.28. The van der Waals surface area contributed by atoms with E-state index in [2.05, 4.69) is 37.4 Å². The summed E-state index contributed by atoms with van der Waals surface area (Å²) in [6, 6.07) is 21.9. The lowest BCUT2D eigenvalue weighted by Gasteiger charge is -2.30. The first kappa shape index (κ1) is 19.1. The minimum Gasteiger partial charge on any atom is -0.345 e. The highest BCUT2D eigenvalue weighted by Gasteiger charge is 2.30. The molecule has 0 unspecified atom stereocenters. The number of aliphatic imine (C=N–C) groups is 1. The number of benzene rings is 3. The molecule has 4 nitrogen and oxygen atoms in total. The van der Waals surface area contributed by atoms with Gasteiger partial charge in [0.1, 0.15) is 0 Å². The summed E-state index contributed by atoms with van der Waals surface area (Å²) in [6.07, 6.45) is 0.816. The SMILES string of the molecule is CC1(C)Cc2c(ccc3ccccc23)C(CC(=O)C(=O)NCc2ccccc2)=N1. The maximum Gasteiger partial charge on any atom is 0.288 e. The predicted molar refractivity (Wildman–Crippen MR) is 116 cm³/mol. The summed E-state index contributed by atoms with van der Waals surface area (Å²) < 4.78 is 0. The number of rotatable bonds is 5. The van der Waals surface area contributed by atoms with Crippen molar-refractivity contribution in [3.05, 3.63) is 83.4 Å². The van der Waals surface area contributed by atoms with Crippen molar-refractivity contribution in [3.8, 4) is 0 Å². The lowest BCUT2D eigenvalue weighted by molar-refractivity contribution is -0.137. The Labute approximate surface area is 170 Å². The highest BCUT2D eigenvalue weighted by Crippen LogP contribution is 2.33. The van der Waals surface area contributed by atoms with Gasteiger partial charge in [-0.3, -0.25) is 14.6 Å². The normalized spacial score (nSPS) is 14.8. The first-order valence-corrected chi connectivity index (χ1v) is 9.88. The molecule has 29 heavy (non-hydrogen) atoms. The van der Waals surface area contributed by atoms with Crippen LogP contribution in [-0.4, -0.2) is 22.9 Å². The summed E-state index contributed by atoms with van der Waals surface area (Å²) in [6.45, 7) is 4.47. The van der Waals surface area contributed by atoms with E-state index in [4.69, 9.17) is 4.99 Å². The second-order valence-electron chi connectivity index (χ2n) is 8.13. The second kappa shape index (κ2) is 7.63. The molecule has 1 amide bonds. The number of hydrogen-bond donors (Lipinski definition) is 1. The van der Waals surface area contributed by atoms with Crippen LogP contribution in [0.25, 0.3) is 10.8 Å². The maximum atomic E-state index is 12.6. The van der Waals surface area contributed by atoms with Gasteiger partial charge in [-0.05, 0) is 47.7 Å². The second-order valence-corrected chi connectivity index (χ2v) is 8.13. The number of carbonyl (C=O) groups is 2. The fraction of sp³-hybridized carbons (Fsp3) is 0.240. The van der Waals surface area contributed by atoms with Crippen molar-refractivity contribution in [2.45, 2.75) is 38.8 Å². The Morgan fingerprint density at radius 2 is 1.69 bits per heavy atom. The van der Waals surface area contributed by atoms with Gasteiger partial charge in [0.15, 0.2) is 0 Å². The van der Waals surface area contributed by atoms with Gasteiger partial charge in [-0.25, -0.2) is 0 Å². The maximum absolute atomic E-state index is 12.6. The van der Waals surface area contributed by atoms with Gasteiger partial charge in [0.2, 0.25) is 5.78 Å². The van der Waals surface area contributed by atoms with Crippen LogP contribution in [0.3, 0.4) is 0 Å². The number of Topliss-reactive ketones (excluding diaryl/α,β-unsaturated/α-hetero) is 1.